The first-order valence-electron chi connectivity index (χ1n) is 6.68. The third-order valence-corrected chi connectivity index (χ3v) is 4.56. The van der Waals surface area contributed by atoms with Gasteiger partial charge in [0.2, 0.25) is 10.0 Å². The van der Waals surface area contributed by atoms with Gasteiger partial charge in [-0.3, -0.25) is 4.79 Å². The first-order valence-corrected chi connectivity index (χ1v) is 8.17. The van der Waals surface area contributed by atoms with E-state index in [4.69, 9.17) is 5.11 Å². The van der Waals surface area contributed by atoms with Crippen molar-refractivity contribution in [3.8, 4) is 0 Å². The first-order chi connectivity index (χ1) is 9.70. The molecule has 0 bridgehead atoms. The van der Waals surface area contributed by atoms with E-state index in [1.165, 1.54) is 24.3 Å². The summed E-state index contributed by atoms with van der Waals surface area (Å²) in [4.78, 5) is 12.7. The van der Waals surface area contributed by atoms with Crippen molar-refractivity contribution in [3.05, 3.63) is 29.8 Å². The molecule has 0 heterocycles. The van der Waals surface area contributed by atoms with E-state index >= 15 is 0 Å². The molecule has 0 aromatic heterocycles. The van der Waals surface area contributed by atoms with Crippen LogP contribution in [0.25, 0.3) is 0 Å². The van der Waals surface area contributed by atoms with Gasteiger partial charge < -0.3 is 10.0 Å². The SMILES string of the molecule is CC(CCN(C)C)NS(=O)(=O)c1ccc(CC(=O)O)cc1. The predicted octanol–water partition coefficient (Wildman–Crippen LogP) is 0.932. The van der Waals surface area contributed by atoms with Gasteiger partial charge in [-0.15, -0.1) is 0 Å². The minimum absolute atomic E-state index is 0.118. The highest BCUT2D eigenvalue weighted by Crippen LogP contribution is 2.12. The van der Waals surface area contributed by atoms with E-state index in [9.17, 15) is 13.2 Å². The van der Waals surface area contributed by atoms with Crippen molar-refractivity contribution in [2.24, 2.45) is 0 Å². The number of carboxylic acids is 1. The zero-order valence-electron chi connectivity index (χ0n) is 12.5. The highest BCUT2D eigenvalue weighted by atomic mass is 32.2. The van der Waals surface area contributed by atoms with E-state index in [2.05, 4.69) is 4.72 Å². The Morgan fingerprint density at radius 3 is 2.33 bits per heavy atom. The minimum Gasteiger partial charge on any atom is -0.481 e. The van der Waals surface area contributed by atoms with Gasteiger partial charge in [-0.1, -0.05) is 12.1 Å². The topological polar surface area (TPSA) is 86.7 Å². The van der Waals surface area contributed by atoms with Gasteiger partial charge in [0.15, 0.2) is 0 Å². The molecule has 0 radical (unpaired) electrons. The number of aliphatic carboxylic acids is 1. The van der Waals surface area contributed by atoms with Crippen LogP contribution in [0.5, 0.6) is 0 Å². The molecule has 118 valence electrons. The van der Waals surface area contributed by atoms with Crippen LogP contribution in [0.2, 0.25) is 0 Å². The summed E-state index contributed by atoms with van der Waals surface area (Å²) in [7, 11) is 0.297. The molecule has 1 unspecified atom stereocenters. The van der Waals surface area contributed by atoms with Gasteiger partial charge >= 0.3 is 5.97 Å². The van der Waals surface area contributed by atoms with Gasteiger partial charge in [-0.05, 0) is 51.7 Å². The van der Waals surface area contributed by atoms with Crippen LogP contribution < -0.4 is 4.72 Å². The Hall–Kier alpha value is -1.44. The molecule has 0 spiro atoms. The molecule has 21 heavy (non-hydrogen) atoms. The molecule has 0 fully saturated rings. The smallest absolute Gasteiger partial charge is 0.307 e. The number of sulfonamides is 1. The van der Waals surface area contributed by atoms with Crippen molar-refractivity contribution in [1.82, 2.24) is 9.62 Å². The van der Waals surface area contributed by atoms with Crippen LogP contribution in [0.4, 0.5) is 0 Å². The molecule has 1 aromatic rings. The van der Waals surface area contributed by atoms with Crippen LogP contribution >= 0.6 is 0 Å². The van der Waals surface area contributed by atoms with Gasteiger partial charge in [0.05, 0.1) is 11.3 Å². The third kappa shape index (κ3) is 6.24. The standard InChI is InChI=1S/C14H22N2O4S/c1-11(8-9-16(2)3)15-21(19,20)13-6-4-12(5-7-13)10-14(17)18/h4-7,11,15H,8-10H2,1-3H3,(H,17,18). The fourth-order valence-electron chi connectivity index (χ4n) is 1.80. The highest BCUT2D eigenvalue weighted by Gasteiger charge is 2.17. The van der Waals surface area contributed by atoms with Crippen LogP contribution in [0.15, 0.2) is 29.2 Å². The maximum absolute atomic E-state index is 12.2. The Bertz CT molecular complexity index is 567. The molecule has 0 saturated heterocycles. The summed E-state index contributed by atoms with van der Waals surface area (Å²) >= 11 is 0. The van der Waals surface area contributed by atoms with Crippen molar-refractivity contribution < 1.29 is 18.3 Å². The van der Waals surface area contributed by atoms with E-state index in [1.54, 1.807) is 0 Å². The van der Waals surface area contributed by atoms with E-state index < -0.39 is 16.0 Å². The summed E-state index contributed by atoms with van der Waals surface area (Å²) < 4.78 is 27.0. The molecule has 1 atom stereocenters. The molecular weight excluding hydrogens is 292 g/mol. The lowest BCUT2D eigenvalue weighted by Crippen LogP contribution is -2.34. The quantitative estimate of drug-likeness (QED) is 0.745. The second-order valence-electron chi connectivity index (χ2n) is 5.33. The van der Waals surface area contributed by atoms with E-state index in [0.717, 1.165) is 6.54 Å². The van der Waals surface area contributed by atoms with Crippen LogP contribution in [-0.4, -0.2) is 51.1 Å². The largest absolute Gasteiger partial charge is 0.481 e. The molecular formula is C14H22N2O4S. The Kier molecular flexibility index (Phi) is 6.32. The molecule has 0 aliphatic heterocycles. The van der Waals surface area contributed by atoms with Crippen LogP contribution in [0, 0.1) is 0 Å². The summed E-state index contributed by atoms with van der Waals surface area (Å²) in [6.07, 6.45) is 0.594. The fourth-order valence-corrected chi connectivity index (χ4v) is 3.08. The third-order valence-electron chi connectivity index (χ3n) is 2.95. The maximum Gasteiger partial charge on any atom is 0.307 e. The average Bonchev–Trinajstić information content (AvgIpc) is 2.35. The Morgan fingerprint density at radius 1 is 1.29 bits per heavy atom. The summed E-state index contributed by atoms with van der Waals surface area (Å²) in [5.74, 6) is -0.943. The molecule has 0 aliphatic rings. The molecule has 0 saturated carbocycles. The van der Waals surface area contributed by atoms with Gasteiger partial charge in [-0.2, -0.15) is 0 Å². The number of carbonyl (C=O) groups is 1. The Balaban J connectivity index is 2.71. The van der Waals surface area contributed by atoms with Crippen molar-refractivity contribution >= 4 is 16.0 Å². The van der Waals surface area contributed by atoms with Crippen molar-refractivity contribution in [2.45, 2.75) is 30.7 Å². The molecule has 7 heteroatoms. The predicted molar refractivity (Wildman–Crippen MR) is 80.7 cm³/mol. The number of rotatable bonds is 8. The minimum atomic E-state index is -3.57. The molecule has 0 aliphatic carbocycles. The summed E-state index contributed by atoms with van der Waals surface area (Å²) in [6, 6.07) is 5.73. The first kappa shape index (κ1) is 17.6. The van der Waals surface area contributed by atoms with E-state index in [1.807, 2.05) is 25.9 Å². The lowest BCUT2D eigenvalue weighted by atomic mass is 10.2. The van der Waals surface area contributed by atoms with Gasteiger partial charge in [0, 0.05) is 6.04 Å². The second-order valence-corrected chi connectivity index (χ2v) is 7.04. The maximum atomic E-state index is 12.2. The normalized spacial score (nSPS) is 13.3. The molecule has 0 amide bonds. The fraction of sp³-hybridized carbons (Fsp3) is 0.500. The number of nitrogens with one attached hydrogen (secondary N) is 1. The summed E-state index contributed by atoms with van der Waals surface area (Å²) in [6.45, 7) is 2.61. The van der Waals surface area contributed by atoms with Crippen LogP contribution in [-0.2, 0) is 21.2 Å². The van der Waals surface area contributed by atoms with Crippen molar-refractivity contribution in [1.29, 1.82) is 0 Å². The van der Waals surface area contributed by atoms with Gasteiger partial charge in [-0.25, -0.2) is 13.1 Å². The lowest BCUT2D eigenvalue weighted by Gasteiger charge is -2.17. The van der Waals surface area contributed by atoms with Gasteiger partial charge in [0.1, 0.15) is 0 Å². The highest BCUT2D eigenvalue weighted by molar-refractivity contribution is 7.89. The zero-order valence-corrected chi connectivity index (χ0v) is 13.4. The second kappa shape index (κ2) is 7.53. The number of benzene rings is 1. The molecule has 2 N–H and O–H groups in total. The van der Waals surface area contributed by atoms with E-state index in [-0.39, 0.29) is 17.4 Å². The number of carboxylic acid groups (broad SMARTS) is 1. The summed E-state index contributed by atoms with van der Waals surface area (Å²) in [5, 5.41) is 8.68. The zero-order chi connectivity index (χ0) is 16.0. The molecule has 1 rings (SSSR count). The molecule has 1 aromatic carbocycles. The van der Waals surface area contributed by atoms with Crippen LogP contribution in [0.1, 0.15) is 18.9 Å². The van der Waals surface area contributed by atoms with Crippen molar-refractivity contribution in [2.75, 3.05) is 20.6 Å². The van der Waals surface area contributed by atoms with Crippen LogP contribution in [0.3, 0.4) is 0 Å². The lowest BCUT2D eigenvalue weighted by molar-refractivity contribution is -0.136. The number of nitrogens with zero attached hydrogens (tertiary/aromatic N) is 1. The number of hydrogen-bond acceptors (Lipinski definition) is 4. The number of hydrogen-bond donors (Lipinski definition) is 2. The average molecular weight is 314 g/mol. The summed E-state index contributed by atoms with van der Waals surface area (Å²) in [5.41, 5.74) is 0.571. The van der Waals surface area contributed by atoms with Gasteiger partial charge in [0.25, 0.3) is 0 Å². The Labute approximate surface area is 125 Å². The van der Waals surface area contributed by atoms with Crippen molar-refractivity contribution in [3.63, 3.8) is 0 Å². The Morgan fingerprint density at radius 2 is 1.86 bits per heavy atom. The van der Waals surface area contributed by atoms with E-state index in [0.29, 0.717) is 12.0 Å². The monoisotopic (exact) mass is 314 g/mol. The molecule has 6 nitrogen and oxygen atoms in total.